The van der Waals surface area contributed by atoms with Crippen molar-refractivity contribution in [1.82, 2.24) is 9.80 Å². The summed E-state index contributed by atoms with van der Waals surface area (Å²) in [6, 6.07) is 0. The molecule has 0 amide bonds. The second kappa shape index (κ2) is 5.19. The van der Waals surface area contributed by atoms with E-state index in [0.717, 1.165) is 11.8 Å². The molecule has 0 unspecified atom stereocenters. The number of hydrogen-bond donors (Lipinski definition) is 1. The maximum Gasteiger partial charge on any atom is 0.0714 e. The molecule has 0 aromatic carbocycles. The van der Waals surface area contributed by atoms with Crippen molar-refractivity contribution in [2.45, 2.75) is 39.5 Å². The Balaban J connectivity index is 1.65. The third-order valence-corrected chi connectivity index (χ3v) is 6.69. The molecule has 0 radical (unpaired) electrons. The van der Waals surface area contributed by atoms with Gasteiger partial charge in [-0.1, -0.05) is 31.6 Å². The van der Waals surface area contributed by atoms with Crippen LogP contribution in [-0.4, -0.2) is 47.4 Å². The lowest BCUT2D eigenvalue weighted by atomic mass is 9.75. The molecule has 2 rings (SSSR count). The Morgan fingerprint density at radius 2 is 1.61 bits per heavy atom. The third-order valence-electron chi connectivity index (χ3n) is 4.64. The van der Waals surface area contributed by atoms with E-state index in [2.05, 4.69) is 56.1 Å². The van der Waals surface area contributed by atoms with Crippen LogP contribution < -0.4 is 0 Å². The molecule has 4 heteroatoms. The lowest BCUT2D eigenvalue weighted by molar-refractivity contribution is -0.0262. The van der Waals surface area contributed by atoms with Gasteiger partial charge < -0.3 is 4.90 Å². The van der Waals surface area contributed by atoms with Gasteiger partial charge in [-0.3, -0.25) is 4.90 Å². The first-order chi connectivity index (χ1) is 8.22. The Kier molecular flexibility index (Phi) is 4.33. The average molecular weight is 289 g/mol. The molecule has 0 spiro atoms. The summed E-state index contributed by atoms with van der Waals surface area (Å²) >= 11 is 4.37. The van der Waals surface area contributed by atoms with Gasteiger partial charge in [0.2, 0.25) is 0 Å². The van der Waals surface area contributed by atoms with E-state index in [-0.39, 0.29) is 4.87 Å². The summed E-state index contributed by atoms with van der Waals surface area (Å²) < 4.78 is 0. The van der Waals surface area contributed by atoms with Crippen LogP contribution in [0.5, 0.6) is 0 Å². The Hall–Kier alpha value is 0.620. The number of rotatable bonds is 4. The molecule has 0 saturated carbocycles. The van der Waals surface area contributed by atoms with Crippen molar-refractivity contribution in [2.24, 2.45) is 17.3 Å². The zero-order valence-electron chi connectivity index (χ0n) is 12.4. The molecule has 0 N–H and O–H groups in total. The van der Waals surface area contributed by atoms with Crippen molar-refractivity contribution in [3.8, 4) is 0 Å². The van der Waals surface area contributed by atoms with Crippen LogP contribution >= 0.6 is 22.5 Å². The van der Waals surface area contributed by atoms with Crippen LogP contribution in [0.3, 0.4) is 0 Å². The molecule has 2 saturated heterocycles. The topological polar surface area (TPSA) is 6.48 Å². The van der Waals surface area contributed by atoms with Crippen LogP contribution in [0.4, 0.5) is 0 Å². The molecule has 2 aliphatic heterocycles. The first kappa shape index (κ1) is 15.0. The normalized spacial score (nSPS) is 25.0. The average Bonchev–Trinajstić information content (AvgIpc) is 2.09. The maximum atomic E-state index is 4.37. The highest BCUT2D eigenvalue weighted by Gasteiger charge is 2.41. The van der Waals surface area contributed by atoms with E-state index in [0.29, 0.717) is 5.41 Å². The van der Waals surface area contributed by atoms with Crippen LogP contribution in [-0.2, 0) is 0 Å². The highest BCUT2D eigenvalue weighted by Crippen LogP contribution is 2.38. The van der Waals surface area contributed by atoms with E-state index < -0.39 is 0 Å². The van der Waals surface area contributed by atoms with Gasteiger partial charge in [-0.25, -0.2) is 0 Å². The highest BCUT2D eigenvalue weighted by atomic mass is 33.1. The predicted octanol–water partition coefficient (Wildman–Crippen LogP) is 3.21. The number of thiol groups is 1. The molecule has 2 heterocycles. The van der Waals surface area contributed by atoms with Crippen molar-refractivity contribution in [3.05, 3.63) is 0 Å². The molecule has 0 aliphatic carbocycles. The Morgan fingerprint density at radius 3 is 2.06 bits per heavy atom. The smallest absolute Gasteiger partial charge is 0.0714 e. The van der Waals surface area contributed by atoms with Crippen LogP contribution in [0.2, 0.25) is 0 Å². The molecule has 0 aromatic rings. The van der Waals surface area contributed by atoms with Crippen LogP contribution in [0.25, 0.3) is 0 Å². The molecule has 2 nitrogen and oxygen atoms in total. The van der Waals surface area contributed by atoms with E-state index in [1.807, 2.05) is 0 Å². The highest BCUT2D eigenvalue weighted by molar-refractivity contribution is 8.69. The first-order valence-corrected chi connectivity index (χ1v) is 8.89. The van der Waals surface area contributed by atoms with Gasteiger partial charge >= 0.3 is 0 Å². The number of likely N-dealkylation sites (tertiary alicyclic amines) is 2. The molecule has 0 aromatic heterocycles. The second-order valence-corrected chi connectivity index (χ2v) is 9.32. The summed E-state index contributed by atoms with van der Waals surface area (Å²) in [7, 11) is 1.66. The lowest BCUT2D eigenvalue weighted by Gasteiger charge is -2.52. The van der Waals surface area contributed by atoms with Crippen molar-refractivity contribution in [1.29, 1.82) is 0 Å². The summed E-state index contributed by atoms with van der Waals surface area (Å²) in [6.45, 7) is 18.0. The van der Waals surface area contributed by atoms with Gasteiger partial charge in [0.05, 0.1) is 4.87 Å². The molecule has 0 bridgehead atoms. The van der Waals surface area contributed by atoms with E-state index in [9.17, 15) is 0 Å². The van der Waals surface area contributed by atoms with Crippen LogP contribution in [0.1, 0.15) is 34.6 Å². The zero-order valence-corrected chi connectivity index (χ0v) is 14.2. The monoisotopic (exact) mass is 288 g/mol. The fourth-order valence-electron chi connectivity index (χ4n) is 2.81. The van der Waals surface area contributed by atoms with Crippen molar-refractivity contribution in [3.63, 3.8) is 0 Å². The van der Waals surface area contributed by atoms with Gasteiger partial charge in [0.15, 0.2) is 0 Å². The van der Waals surface area contributed by atoms with E-state index >= 15 is 0 Å². The molecular weight excluding hydrogens is 260 g/mol. The van der Waals surface area contributed by atoms with Gasteiger partial charge in [0, 0.05) is 32.7 Å². The minimum atomic E-state index is 0.197. The van der Waals surface area contributed by atoms with Crippen LogP contribution in [0.15, 0.2) is 0 Å². The number of nitrogens with zero attached hydrogens (tertiary/aromatic N) is 2. The fraction of sp³-hybridized carbons (Fsp3) is 1.00. The molecule has 0 atom stereocenters. The van der Waals surface area contributed by atoms with Crippen molar-refractivity contribution in [2.75, 3.05) is 32.7 Å². The Labute approximate surface area is 122 Å². The third kappa shape index (κ3) is 3.20. The van der Waals surface area contributed by atoms with E-state index in [1.165, 1.54) is 32.7 Å². The van der Waals surface area contributed by atoms with Crippen molar-refractivity contribution >= 4 is 22.5 Å². The predicted molar refractivity (Wildman–Crippen MR) is 85.1 cm³/mol. The van der Waals surface area contributed by atoms with Gasteiger partial charge in [0.25, 0.3) is 0 Å². The molecule has 2 aliphatic rings. The Morgan fingerprint density at radius 1 is 1.06 bits per heavy atom. The van der Waals surface area contributed by atoms with Gasteiger partial charge in [-0.05, 0) is 31.1 Å². The van der Waals surface area contributed by atoms with Crippen molar-refractivity contribution < 1.29 is 0 Å². The minimum Gasteiger partial charge on any atom is -0.302 e. The Bertz CT molecular complexity index is 287. The summed E-state index contributed by atoms with van der Waals surface area (Å²) in [4.78, 5) is 5.37. The number of hydrogen-bond acceptors (Lipinski definition) is 4. The molecule has 18 heavy (non-hydrogen) atoms. The van der Waals surface area contributed by atoms with E-state index in [1.54, 1.807) is 10.8 Å². The van der Waals surface area contributed by atoms with Gasteiger partial charge in [0.1, 0.15) is 0 Å². The lowest BCUT2D eigenvalue weighted by Crippen LogP contribution is -2.61. The summed E-state index contributed by atoms with van der Waals surface area (Å²) in [6.07, 6.45) is 0. The zero-order chi connectivity index (χ0) is 13.6. The van der Waals surface area contributed by atoms with E-state index in [4.69, 9.17) is 0 Å². The van der Waals surface area contributed by atoms with Gasteiger partial charge in [-0.15, -0.1) is 11.7 Å². The second-order valence-electron chi connectivity index (χ2n) is 7.59. The largest absolute Gasteiger partial charge is 0.302 e. The first-order valence-electron chi connectivity index (χ1n) is 7.02. The molecular formula is C14H28N2S2. The summed E-state index contributed by atoms with van der Waals surface area (Å²) in [5, 5.41) is 0. The quantitative estimate of drug-likeness (QED) is 0.627. The SMILES string of the molecule is CC(C)(C)C1CN(CC2CN(C(C)(C)SS)C2)C1. The fourth-order valence-corrected chi connectivity index (χ4v) is 3.43. The summed E-state index contributed by atoms with van der Waals surface area (Å²) in [5.74, 6) is 1.78. The molecule has 2 fully saturated rings. The maximum absolute atomic E-state index is 4.37. The minimum absolute atomic E-state index is 0.197. The van der Waals surface area contributed by atoms with Crippen LogP contribution in [0, 0.1) is 17.3 Å². The molecule has 106 valence electrons. The summed E-state index contributed by atoms with van der Waals surface area (Å²) in [5.41, 5.74) is 0.493. The standard InChI is InChI=1S/C14H28N2S2/c1-13(2,3)12-9-15(10-12)6-11-7-16(8-11)14(4,5)18-17/h11-12,17H,6-10H2,1-5H3. The van der Waals surface area contributed by atoms with Gasteiger partial charge in [-0.2, -0.15) is 0 Å².